The van der Waals surface area contributed by atoms with E-state index in [1.54, 1.807) is 58.3 Å². The number of hydrogen-bond donors (Lipinski definition) is 2. The lowest BCUT2D eigenvalue weighted by Gasteiger charge is -2.23. The van der Waals surface area contributed by atoms with Gasteiger partial charge in [0.05, 0.1) is 38.1 Å². The molecular formula is C30H35N5O6. The van der Waals surface area contributed by atoms with Crippen LogP contribution in [-0.2, 0) is 9.47 Å². The molecule has 2 N–H and O–H groups in total. The average Bonchev–Trinajstić information content (AvgIpc) is 2.96. The Labute approximate surface area is 239 Å². The number of nitrogens with zero attached hydrogens (tertiary/aromatic N) is 3. The highest BCUT2D eigenvalue weighted by Gasteiger charge is 2.18. The van der Waals surface area contributed by atoms with E-state index >= 15 is 0 Å². The predicted molar refractivity (Wildman–Crippen MR) is 153 cm³/mol. The Morgan fingerprint density at radius 3 is 2.61 bits per heavy atom. The van der Waals surface area contributed by atoms with E-state index in [1.165, 1.54) is 0 Å². The number of alkyl carbamates (subject to hydrolysis) is 1. The first-order valence-corrected chi connectivity index (χ1v) is 13.4. The van der Waals surface area contributed by atoms with Gasteiger partial charge < -0.3 is 34.3 Å². The van der Waals surface area contributed by atoms with Crippen molar-refractivity contribution in [2.45, 2.75) is 45.3 Å². The van der Waals surface area contributed by atoms with Gasteiger partial charge in [-0.1, -0.05) is 0 Å². The van der Waals surface area contributed by atoms with Gasteiger partial charge in [0.2, 0.25) is 5.95 Å². The van der Waals surface area contributed by atoms with E-state index in [2.05, 4.69) is 26.7 Å². The number of methoxy groups -OCH3 is 1. The third kappa shape index (κ3) is 8.71. The van der Waals surface area contributed by atoms with E-state index in [9.17, 15) is 10.1 Å². The van der Waals surface area contributed by atoms with Crippen LogP contribution in [0.2, 0.25) is 0 Å². The minimum absolute atomic E-state index is 0.0410. The minimum atomic E-state index is -0.565. The first-order chi connectivity index (χ1) is 19.7. The van der Waals surface area contributed by atoms with Crippen molar-refractivity contribution < 1.29 is 28.5 Å². The zero-order valence-corrected chi connectivity index (χ0v) is 23.7. The Balaban J connectivity index is 1.38. The molecule has 2 aromatic carbocycles. The zero-order valence-electron chi connectivity index (χ0n) is 23.7. The van der Waals surface area contributed by atoms with Gasteiger partial charge in [-0.2, -0.15) is 5.26 Å². The third-order valence-electron chi connectivity index (χ3n) is 5.96. The Hall–Kier alpha value is -4.56. The normalized spacial score (nSPS) is 13.5. The summed E-state index contributed by atoms with van der Waals surface area (Å²) in [6, 6.07) is 14.8. The molecule has 41 heavy (non-hydrogen) atoms. The summed E-state index contributed by atoms with van der Waals surface area (Å²) in [5, 5.41) is 15.6. The number of rotatable bonds is 10. The van der Waals surface area contributed by atoms with Crippen LogP contribution in [0, 0.1) is 11.3 Å². The molecule has 11 nitrogen and oxygen atoms in total. The number of aromatic nitrogens is 2. The van der Waals surface area contributed by atoms with Gasteiger partial charge in [0.15, 0.2) is 11.5 Å². The molecule has 1 aromatic heterocycles. The van der Waals surface area contributed by atoms with E-state index in [0.29, 0.717) is 53.4 Å². The number of nitriles is 1. The van der Waals surface area contributed by atoms with Gasteiger partial charge in [-0.05, 0) is 57.2 Å². The molecule has 1 amide bonds. The van der Waals surface area contributed by atoms with Gasteiger partial charge in [-0.15, -0.1) is 0 Å². The molecule has 4 rings (SSSR count). The first kappa shape index (κ1) is 29.4. The fraction of sp³-hybridized carbons (Fsp3) is 0.400. The van der Waals surface area contributed by atoms with Crippen molar-refractivity contribution in [1.29, 1.82) is 5.26 Å². The molecule has 0 spiro atoms. The summed E-state index contributed by atoms with van der Waals surface area (Å²) in [6.07, 6.45) is 2.79. The predicted octanol–water partition coefficient (Wildman–Crippen LogP) is 5.23. The average molecular weight is 562 g/mol. The third-order valence-corrected chi connectivity index (χ3v) is 5.96. The lowest BCUT2D eigenvalue weighted by molar-refractivity contribution is 0.0254. The quantitative estimate of drug-likeness (QED) is 0.317. The van der Waals surface area contributed by atoms with E-state index < -0.39 is 11.7 Å². The first-order valence-electron chi connectivity index (χ1n) is 13.4. The van der Waals surface area contributed by atoms with E-state index in [1.807, 2.05) is 18.2 Å². The van der Waals surface area contributed by atoms with Gasteiger partial charge >= 0.3 is 6.09 Å². The Morgan fingerprint density at radius 1 is 1.10 bits per heavy atom. The summed E-state index contributed by atoms with van der Waals surface area (Å²) < 4.78 is 27.9. The molecule has 0 radical (unpaired) electrons. The number of ether oxygens (including phenoxy) is 5. The summed E-state index contributed by atoms with van der Waals surface area (Å²) in [5.41, 5.74) is 2.00. The van der Waals surface area contributed by atoms with Gasteiger partial charge in [-0.3, -0.25) is 0 Å². The van der Waals surface area contributed by atoms with Gasteiger partial charge in [0.25, 0.3) is 0 Å². The van der Waals surface area contributed by atoms with Crippen LogP contribution in [0.5, 0.6) is 17.2 Å². The number of hydrogen-bond acceptors (Lipinski definition) is 10. The Kier molecular flexibility index (Phi) is 9.81. The van der Waals surface area contributed by atoms with E-state index in [-0.39, 0.29) is 19.3 Å². The fourth-order valence-corrected chi connectivity index (χ4v) is 4.05. The molecule has 3 aromatic rings. The number of carbonyl (C=O) groups excluding carboxylic acids is 1. The molecule has 0 atom stereocenters. The molecule has 0 bridgehead atoms. The lowest BCUT2D eigenvalue weighted by Crippen LogP contribution is -2.34. The molecular weight excluding hydrogens is 526 g/mol. The Bertz CT molecular complexity index is 1380. The Morgan fingerprint density at radius 2 is 1.88 bits per heavy atom. The van der Waals surface area contributed by atoms with Crippen molar-refractivity contribution in [2.75, 3.05) is 38.8 Å². The molecule has 1 saturated heterocycles. The second-order valence-electron chi connectivity index (χ2n) is 10.3. The molecule has 216 valence electrons. The van der Waals surface area contributed by atoms with Crippen molar-refractivity contribution in [3.05, 3.63) is 54.2 Å². The van der Waals surface area contributed by atoms with Crippen LogP contribution in [-0.4, -0.2) is 61.2 Å². The second-order valence-corrected chi connectivity index (χ2v) is 10.3. The highest BCUT2D eigenvalue weighted by molar-refractivity contribution is 5.68. The van der Waals surface area contributed by atoms with Crippen LogP contribution in [0.3, 0.4) is 0 Å². The van der Waals surface area contributed by atoms with Crippen LogP contribution >= 0.6 is 0 Å². The van der Waals surface area contributed by atoms with E-state index in [0.717, 1.165) is 18.4 Å². The molecule has 2 heterocycles. The number of benzene rings is 2. The van der Waals surface area contributed by atoms with Crippen LogP contribution in [0.4, 0.5) is 16.4 Å². The largest absolute Gasteiger partial charge is 0.493 e. The maximum absolute atomic E-state index is 11.8. The maximum Gasteiger partial charge on any atom is 0.407 e. The number of carbonyl (C=O) groups is 1. The molecule has 11 heteroatoms. The summed E-state index contributed by atoms with van der Waals surface area (Å²) in [5.74, 6) is 1.96. The van der Waals surface area contributed by atoms with Crippen LogP contribution in [0.25, 0.3) is 11.3 Å². The molecule has 1 aliphatic rings. The number of amides is 1. The van der Waals surface area contributed by atoms with Crippen molar-refractivity contribution >= 4 is 17.7 Å². The summed E-state index contributed by atoms with van der Waals surface area (Å²) in [6.45, 7) is 7.24. The standard InChI is InChI=1S/C30H35N5O6/c1-30(2,3)41-29(36)33-13-16-39-26-8-6-22(18-27(26)37-4)34-28-32-12-9-24(35-28)20-5-7-25(21(17-20)19-31)40-23-10-14-38-15-11-23/h5-9,12,17-18,23H,10-11,13-16H2,1-4H3,(H,33,36)(H,32,34,35). The smallest absolute Gasteiger partial charge is 0.407 e. The van der Waals surface area contributed by atoms with Crippen LogP contribution < -0.4 is 24.8 Å². The summed E-state index contributed by atoms with van der Waals surface area (Å²) in [4.78, 5) is 20.7. The van der Waals surface area contributed by atoms with Gasteiger partial charge in [0.1, 0.15) is 30.1 Å². The summed E-state index contributed by atoms with van der Waals surface area (Å²) in [7, 11) is 1.55. The highest BCUT2D eigenvalue weighted by Crippen LogP contribution is 2.32. The van der Waals surface area contributed by atoms with Crippen molar-refractivity contribution in [1.82, 2.24) is 15.3 Å². The maximum atomic E-state index is 11.8. The van der Waals surface area contributed by atoms with Crippen LogP contribution in [0.15, 0.2) is 48.7 Å². The van der Waals surface area contributed by atoms with Gasteiger partial charge in [-0.25, -0.2) is 14.8 Å². The molecule has 1 fully saturated rings. The summed E-state index contributed by atoms with van der Waals surface area (Å²) >= 11 is 0. The highest BCUT2D eigenvalue weighted by atomic mass is 16.6. The number of anilines is 2. The molecule has 0 saturated carbocycles. The van der Waals surface area contributed by atoms with E-state index in [4.69, 9.17) is 23.7 Å². The monoisotopic (exact) mass is 561 g/mol. The van der Waals surface area contributed by atoms with Crippen LogP contribution in [0.1, 0.15) is 39.2 Å². The minimum Gasteiger partial charge on any atom is -0.493 e. The fourth-order valence-electron chi connectivity index (χ4n) is 4.05. The molecule has 0 aliphatic carbocycles. The topological polar surface area (TPSA) is 137 Å². The lowest BCUT2D eigenvalue weighted by atomic mass is 10.1. The van der Waals surface area contributed by atoms with Crippen molar-refractivity contribution in [3.63, 3.8) is 0 Å². The second kappa shape index (κ2) is 13.7. The zero-order chi connectivity index (χ0) is 29.2. The molecule has 0 unspecified atom stereocenters. The SMILES string of the molecule is COc1cc(Nc2nccc(-c3ccc(OC4CCOCC4)c(C#N)c3)n2)ccc1OCCNC(=O)OC(C)(C)C. The van der Waals surface area contributed by atoms with Crippen molar-refractivity contribution in [2.24, 2.45) is 0 Å². The van der Waals surface area contributed by atoms with Crippen molar-refractivity contribution in [3.8, 4) is 34.6 Å². The van der Waals surface area contributed by atoms with Gasteiger partial charge in [0, 0.05) is 36.4 Å². The molecule has 1 aliphatic heterocycles. The number of nitrogens with one attached hydrogen (secondary N) is 2.